The van der Waals surface area contributed by atoms with Crippen LogP contribution in [0, 0.1) is 5.92 Å². The Morgan fingerprint density at radius 3 is 2.81 bits per heavy atom. The Morgan fingerprint density at radius 2 is 2.19 bits per heavy atom. The monoisotopic (exact) mass is 298 g/mol. The minimum absolute atomic E-state index is 0.112. The van der Waals surface area contributed by atoms with Crippen LogP contribution in [0.3, 0.4) is 0 Å². The number of carbonyl (C=O) groups is 1. The lowest BCUT2D eigenvalue weighted by molar-refractivity contribution is -0.145. The molecule has 2 fully saturated rings. The van der Waals surface area contributed by atoms with E-state index in [0.29, 0.717) is 25.1 Å². The number of carbonyl (C=O) groups excluding carboxylic acids is 1. The molecule has 5 heteroatoms. The first-order valence-electron chi connectivity index (χ1n) is 8.32. The number of ether oxygens (including phenoxy) is 2. The summed E-state index contributed by atoms with van der Waals surface area (Å²) in [5, 5.41) is 0. The molecule has 2 rings (SSSR count). The number of morpholine rings is 1. The van der Waals surface area contributed by atoms with E-state index < -0.39 is 0 Å². The average Bonchev–Trinajstić information content (AvgIpc) is 3.22. The van der Waals surface area contributed by atoms with Crippen molar-refractivity contribution < 1.29 is 14.3 Å². The Balaban J connectivity index is 1.80. The highest BCUT2D eigenvalue weighted by Crippen LogP contribution is 2.27. The molecule has 0 aromatic rings. The quantitative estimate of drug-likeness (QED) is 0.633. The first kappa shape index (κ1) is 16.7. The maximum absolute atomic E-state index is 11.7. The minimum atomic E-state index is -0.112. The van der Waals surface area contributed by atoms with Crippen LogP contribution in [-0.2, 0) is 14.3 Å². The molecule has 0 aromatic carbocycles. The van der Waals surface area contributed by atoms with Gasteiger partial charge in [-0.1, -0.05) is 13.8 Å². The summed E-state index contributed by atoms with van der Waals surface area (Å²) in [4.78, 5) is 16.5. The van der Waals surface area contributed by atoms with Crippen molar-refractivity contribution >= 4 is 5.97 Å². The van der Waals surface area contributed by atoms with E-state index in [0.717, 1.165) is 32.8 Å². The van der Waals surface area contributed by atoms with E-state index in [1.807, 2.05) is 6.92 Å². The summed E-state index contributed by atoms with van der Waals surface area (Å²) in [7, 11) is 0. The summed E-state index contributed by atoms with van der Waals surface area (Å²) in [6, 6.07) is 0.554. The van der Waals surface area contributed by atoms with Crippen molar-refractivity contribution in [2.24, 2.45) is 5.92 Å². The standard InChI is InChI=1S/C16H30N2O3/c1-4-20-16(19)12-18(14-5-6-14)11-15-10-17(7-8-21-15)9-13(2)3/h13-15H,4-12H2,1-3H3. The van der Waals surface area contributed by atoms with Gasteiger partial charge in [0.25, 0.3) is 0 Å². The van der Waals surface area contributed by atoms with Crippen LogP contribution >= 0.6 is 0 Å². The van der Waals surface area contributed by atoms with Gasteiger partial charge in [-0.3, -0.25) is 14.6 Å². The van der Waals surface area contributed by atoms with Gasteiger partial charge < -0.3 is 9.47 Å². The van der Waals surface area contributed by atoms with Crippen molar-refractivity contribution in [2.45, 2.75) is 45.8 Å². The lowest BCUT2D eigenvalue weighted by Gasteiger charge is -2.36. The van der Waals surface area contributed by atoms with Crippen LogP contribution in [0.5, 0.6) is 0 Å². The molecule has 1 unspecified atom stereocenters. The predicted molar refractivity (Wildman–Crippen MR) is 82.2 cm³/mol. The smallest absolute Gasteiger partial charge is 0.320 e. The van der Waals surface area contributed by atoms with Crippen LogP contribution in [0.4, 0.5) is 0 Å². The van der Waals surface area contributed by atoms with Gasteiger partial charge in [0.05, 0.1) is 25.9 Å². The fraction of sp³-hybridized carbons (Fsp3) is 0.938. The molecule has 0 aromatic heterocycles. The van der Waals surface area contributed by atoms with Gasteiger partial charge >= 0.3 is 5.97 Å². The van der Waals surface area contributed by atoms with Gasteiger partial charge in [-0.25, -0.2) is 0 Å². The summed E-state index contributed by atoms with van der Waals surface area (Å²) < 4.78 is 11.0. The summed E-state index contributed by atoms with van der Waals surface area (Å²) in [6.45, 7) is 12.0. The first-order chi connectivity index (χ1) is 10.1. The zero-order valence-electron chi connectivity index (χ0n) is 13.7. The summed E-state index contributed by atoms with van der Waals surface area (Å²) in [5.41, 5.74) is 0. The van der Waals surface area contributed by atoms with Gasteiger partial charge in [-0.2, -0.15) is 0 Å². The molecule has 0 spiro atoms. The molecule has 0 N–H and O–H groups in total. The van der Waals surface area contributed by atoms with Gasteiger partial charge in [-0.05, 0) is 25.7 Å². The fourth-order valence-corrected chi connectivity index (χ4v) is 2.99. The van der Waals surface area contributed by atoms with E-state index in [1.54, 1.807) is 0 Å². The number of esters is 1. The Labute approximate surface area is 128 Å². The molecular formula is C16H30N2O3. The molecule has 122 valence electrons. The van der Waals surface area contributed by atoms with Crippen molar-refractivity contribution in [1.29, 1.82) is 0 Å². The van der Waals surface area contributed by atoms with E-state index >= 15 is 0 Å². The molecule has 1 heterocycles. The number of nitrogens with zero attached hydrogens (tertiary/aromatic N) is 2. The zero-order chi connectivity index (χ0) is 15.2. The molecule has 2 aliphatic rings. The lowest BCUT2D eigenvalue weighted by Crippen LogP contribution is -2.49. The third kappa shape index (κ3) is 5.93. The Bertz CT molecular complexity index is 331. The molecule has 1 saturated carbocycles. The number of hydrogen-bond donors (Lipinski definition) is 0. The second kappa shape index (κ2) is 8.11. The van der Waals surface area contributed by atoms with E-state index in [2.05, 4.69) is 23.6 Å². The molecule has 1 aliphatic carbocycles. The Morgan fingerprint density at radius 1 is 1.43 bits per heavy atom. The van der Waals surface area contributed by atoms with Crippen LogP contribution in [0.15, 0.2) is 0 Å². The second-order valence-corrected chi connectivity index (χ2v) is 6.61. The average molecular weight is 298 g/mol. The van der Waals surface area contributed by atoms with E-state index in [9.17, 15) is 4.79 Å². The van der Waals surface area contributed by atoms with E-state index in [4.69, 9.17) is 9.47 Å². The van der Waals surface area contributed by atoms with Gasteiger partial charge in [0.1, 0.15) is 0 Å². The van der Waals surface area contributed by atoms with Gasteiger partial charge in [0.2, 0.25) is 0 Å². The van der Waals surface area contributed by atoms with Crippen LogP contribution in [0.25, 0.3) is 0 Å². The summed E-state index contributed by atoms with van der Waals surface area (Å²) in [5.74, 6) is 0.571. The van der Waals surface area contributed by atoms with Crippen molar-refractivity contribution in [3.05, 3.63) is 0 Å². The fourth-order valence-electron chi connectivity index (χ4n) is 2.99. The third-order valence-electron chi connectivity index (χ3n) is 3.99. The van der Waals surface area contributed by atoms with Crippen LogP contribution in [-0.4, -0.2) is 73.9 Å². The highest BCUT2D eigenvalue weighted by Gasteiger charge is 2.33. The Kier molecular flexibility index (Phi) is 6.45. The Hall–Kier alpha value is -0.650. The topological polar surface area (TPSA) is 42.0 Å². The molecule has 5 nitrogen and oxygen atoms in total. The van der Waals surface area contributed by atoms with E-state index in [-0.39, 0.29) is 12.1 Å². The normalized spacial score (nSPS) is 23.8. The zero-order valence-corrected chi connectivity index (χ0v) is 13.7. The largest absolute Gasteiger partial charge is 0.465 e. The summed E-state index contributed by atoms with van der Waals surface area (Å²) >= 11 is 0. The van der Waals surface area contributed by atoms with Crippen molar-refractivity contribution in [2.75, 3.05) is 45.9 Å². The molecule has 0 radical (unpaired) electrons. The predicted octanol–water partition coefficient (Wildman–Crippen LogP) is 1.37. The molecule has 21 heavy (non-hydrogen) atoms. The number of rotatable bonds is 8. The van der Waals surface area contributed by atoms with Crippen LogP contribution < -0.4 is 0 Å². The molecule has 1 aliphatic heterocycles. The maximum Gasteiger partial charge on any atom is 0.320 e. The van der Waals surface area contributed by atoms with Crippen molar-refractivity contribution in [1.82, 2.24) is 9.80 Å². The minimum Gasteiger partial charge on any atom is -0.465 e. The molecule has 1 atom stereocenters. The third-order valence-corrected chi connectivity index (χ3v) is 3.99. The molecule has 0 amide bonds. The van der Waals surface area contributed by atoms with Gasteiger partial charge in [0.15, 0.2) is 0 Å². The van der Waals surface area contributed by atoms with Gasteiger partial charge in [-0.15, -0.1) is 0 Å². The lowest BCUT2D eigenvalue weighted by atomic mass is 10.1. The maximum atomic E-state index is 11.7. The first-order valence-corrected chi connectivity index (χ1v) is 8.32. The van der Waals surface area contributed by atoms with E-state index in [1.165, 1.54) is 12.8 Å². The highest BCUT2D eigenvalue weighted by molar-refractivity contribution is 5.71. The summed E-state index contributed by atoms with van der Waals surface area (Å²) in [6.07, 6.45) is 2.61. The van der Waals surface area contributed by atoms with Crippen molar-refractivity contribution in [3.63, 3.8) is 0 Å². The van der Waals surface area contributed by atoms with Crippen LogP contribution in [0.2, 0.25) is 0 Å². The van der Waals surface area contributed by atoms with Gasteiger partial charge in [0, 0.05) is 32.2 Å². The molecular weight excluding hydrogens is 268 g/mol. The number of hydrogen-bond acceptors (Lipinski definition) is 5. The second-order valence-electron chi connectivity index (χ2n) is 6.61. The highest BCUT2D eigenvalue weighted by atomic mass is 16.5. The molecule has 1 saturated heterocycles. The van der Waals surface area contributed by atoms with Crippen molar-refractivity contribution in [3.8, 4) is 0 Å². The SMILES string of the molecule is CCOC(=O)CN(CC1CN(CC(C)C)CCO1)C1CC1. The van der Waals surface area contributed by atoms with Crippen LogP contribution in [0.1, 0.15) is 33.6 Å². The molecule has 0 bridgehead atoms.